The SMILES string of the molecule is OCC(F)(F)OC(F)(F)C(F)(F)OC(F)(F)C(F)(F)OC(F)(F)COCCCCCCCCCCCS.OCCOCCOCCOCCOCCOCCOCCCCCCCCCCCS.[Au].[Au]. The molecular weight excluding hydrogens is 1380 g/mol. The molecule has 2 radical (unpaired) electrons. The number of hydrogen-bond donors (Lipinski definition) is 4. The van der Waals surface area contributed by atoms with Crippen LogP contribution in [0.2, 0.25) is 0 Å². The average Bonchev–Trinajstić information content (AvgIpc) is 3.25. The molecule has 0 saturated carbocycles. The van der Waals surface area contributed by atoms with E-state index in [1.54, 1.807) is 0 Å². The van der Waals surface area contributed by atoms with Crippen molar-refractivity contribution in [3.8, 4) is 0 Å². The van der Waals surface area contributed by atoms with Crippen LogP contribution in [-0.4, -0.2) is 164 Å². The van der Waals surface area contributed by atoms with Crippen molar-refractivity contribution in [2.75, 3.05) is 117 Å². The molecule has 0 aromatic rings. The summed E-state index contributed by atoms with van der Waals surface area (Å²) in [5.41, 5.74) is 0. The van der Waals surface area contributed by atoms with Gasteiger partial charge in [-0.25, -0.2) is 14.2 Å². The summed E-state index contributed by atoms with van der Waals surface area (Å²) in [6.45, 7) is 1.69. The summed E-state index contributed by atoms with van der Waals surface area (Å²) in [5.74, 6) is 1.83. The van der Waals surface area contributed by atoms with Crippen molar-refractivity contribution in [3.05, 3.63) is 0 Å². The normalized spacial score (nSPS) is 12.7. The Balaban J connectivity index is -0.000000614. The third-order valence-corrected chi connectivity index (χ3v) is 9.56. The van der Waals surface area contributed by atoms with E-state index in [-0.39, 0.29) is 57.8 Å². The maximum absolute atomic E-state index is 13.5. The second kappa shape index (κ2) is 48.2. The van der Waals surface area contributed by atoms with Crippen LogP contribution in [0.1, 0.15) is 116 Å². The zero-order valence-electron chi connectivity index (χ0n) is 39.5. The third-order valence-electron chi connectivity index (χ3n) is 8.93. The first-order valence-corrected chi connectivity index (χ1v) is 24.3. The van der Waals surface area contributed by atoms with E-state index in [0.29, 0.717) is 85.5 Å². The Bertz CT molecular complexity index is 1100. The van der Waals surface area contributed by atoms with Crippen LogP contribution in [0.5, 0.6) is 0 Å². The standard InChI is InChI=1S/C23H48O7S.C19H28F12O5S.2Au/c24-10-12-26-14-16-28-18-20-30-22-21-29-19-17-27-15-13-25-11-8-6-4-2-1-3-5-7-9-23-31;20-14(21,12-32)34-16(24,25)18(28,29)36-19(30,31)17(26,27)35-15(22,23)13-33-10-8-6-4-2-1-3-5-7-9-11-37;;/h24,31H,1-23H2;32,37H,1-13H2;;. The zero-order chi connectivity index (χ0) is 51.5. The van der Waals surface area contributed by atoms with Gasteiger partial charge in [-0.3, -0.25) is 0 Å². The average molecular weight is 1460 g/mol. The smallest absolute Gasteiger partial charge is 0.394 e. The molecule has 0 heterocycles. The maximum atomic E-state index is 13.5. The van der Waals surface area contributed by atoms with E-state index in [4.69, 9.17) is 38.6 Å². The molecule has 70 heavy (non-hydrogen) atoms. The summed E-state index contributed by atoms with van der Waals surface area (Å²) in [5, 5.41) is 16.6. The van der Waals surface area contributed by atoms with E-state index in [2.05, 4.69) is 39.5 Å². The van der Waals surface area contributed by atoms with Crippen LogP contribution in [0, 0.1) is 0 Å². The fourth-order valence-corrected chi connectivity index (χ4v) is 5.85. The van der Waals surface area contributed by atoms with Crippen molar-refractivity contribution >= 4 is 25.3 Å². The van der Waals surface area contributed by atoms with Crippen molar-refractivity contribution in [1.82, 2.24) is 0 Å². The molecule has 434 valence electrons. The fourth-order valence-electron chi connectivity index (χ4n) is 5.40. The first-order valence-electron chi connectivity index (χ1n) is 23.0. The first-order chi connectivity index (χ1) is 32.2. The minimum Gasteiger partial charge on any atom is -0.394 e. The summed E-state index contributed by atoms with van der Waals surface area (Å²) in [6.07, 6.45) is -18.9. The summed E-state index contributed by atoms with van der Waals surface area (Å²) in [4.78, 5) is 0. The molecule has 0 aliphatic carbocycles. The quantitative estimate of drug-likeness (QED) is 0.0200. The van der Waals surface area contributed by atoms with E-state index >= 15 is 0 Å². The molecule has 0 fully saturated rings. The van der Waals surface area contributed by atoms with E-state index in [9.17, 15) is 52.7 Å². The Kier molecular flexibility index (Phi) is 53.3. The van der Waals surface area contributed by atoms with Crippen molar-refractivity contribution in [2.45, 2.75) is 152 Å². The topological polar surface area (TPSA) is 133 Å². The third kappa shape index (κ3) is 46.2. The number of aliphatic hydroxyl groups excluding tert-OH is 2. The molecule has 0 aromatic carbocycles. The number of thiol groups is 2. The molecule has 0 spiro atoms. The van der Waals surface area contributed by atoms with E-state index < -0.39 is 56.5 Å². The van der Waals surface area contributed by atoms with Crippen LogP contribution in [-0.2, 0) is 92.1 Å². The van der Waals surface area contributed by atoms with Gasteiger partial charge in [0.25, 0.3) is 0 Å². The largest absolute Gasteiger partial charge is 0.453 e. The van der Waals surface area contributed by atoms with Crippen molar-refractivity contribution in [1.29, 1.82) is 0 Å². The van der Waals surface area contributed by atoms with E-state index in [1.165, 1.54) is 51.4 Å². The van der Waals surface area contributed by atoms with Crippen molar-refractivity contribution in [2.24, 2.45) is 0 Å². The predicted octanol–water partition coefficient (Wildman–Crippen LogP) is 10.6. The van der Waals surface area contributed by atoms with Crippen LogP contribution >= 0.6 is 25.3 Å². The Labute approximate surface area is 447 Å². The second-order valence-electron chi connectivity index (χ2n) is 15.1. The van der Waals surface area contributed by atoms with Crippen LogP contribution in [0.25, 0.3) is 0 Å². The summed E-state index contributed by atoms with van der Waals surface area (Å²) >= 11 is 8.32. The molecule has 0 bridgehead atoms. The second-order valence-corrected chi connectivity index (χ2v) is 16.0. The Morgan fingerprint density at radius 2 is 0.529 bits per heavy atom. The molecule has 2 N–H and O–H groups in total. The number of aliphatic hydroxyl groups is 2. The molecule has 0 saturated heterocycles. The molecular formula is C42H76Au2F12O12S2. The Morgan fingerprint density at radius 3 is 0.829 bits per heavy atom. The summed E-state index contributed by atoms with van der Waals surface area (Å²) < 4.78 is 201. The number of hydrogen-bond acceptors (Lipinski definition) is 14. The Hall–Kier alpha value is 0.861. The fraction of sp³-hybridized carbons (Fsp3) is 1.00. The van der Waals surface area contributed by atoms with Gasteiger partial charge in [0.05, 0.1) is 79.3 Å². The van der Waals surface area contributed by atoms with Gasteiger partial charge in [-0.1, -0.05) is 89.9 Å². The molecule has 0 atom stereocenters. The molecule has 0 aliphatic rings. The van der Waals surface area contributed by atoms with E-state index in [0.717, 1.165) is 63.1 Å². The van der Waals surface area contributed by atoms with Gasteiger partial charge >= 0.3 is 36.7 Å². The van der Waals surface area contributed by atoms with Crippen LogP contribution in [0.3, 0.4) is 0 Å². The minimum absolute atomic E-state index is 0. The number of alkyl halides is 12. The summed E-state index contributed by atoms with van der Waals surface area (Å²) in [6, 6.07) is 0. The first kappa shape index (κ1) is 77.4. The van der Waals surface area contributed by atoms with Gasteiger partial charge in [0.15, 0.2) is 0 Å². The van der Waals surface area contributed by atoms with E-state index in [1.807, 2.05) is 4.74 Å². The maximum Gasteiger partial charge on any atom is 0.453 e. The van der Waals surface area contributed by atoms with Gasteiger partial charge in [-0.2, -0.15) is 77.9 Å². The van der Waals surface area contributed by atoms with Crippen molar-refractivity contribution in [3.63, 3.8) is 0 Å². The van der Waals surface area contributed by atoms with Gasteiger partial charge in [0.2, 0.25) is 0 Å². The Morgan fingerprint density at radius 1 is 0.286 bits per heavy atom. The molecule has 0 aliphatic heterocycles. The van der Waals surface area contributed by atoms with Crippen LogP contribution in [0.15, 0.2) is 0 Å². The number of rotatable bonds is 50. The number of ether oxygens (including phenoxy) is 10. The monoisotopic (exact) mass is 1460 g/mol. The van der Waals surface area contributed by atoms with Gasteiger partial charge in [-0.05, 0) is 37.2 Å². The van der Waals surface area contributed by atoms with Crippen LogP contribution in [0.4, 0.5) is 52.7 Å². The van der Waals surface area contributed by atoms with Gasteiger partial charge in [0, 0.05) is 58.0 Å². The molecule has 0 amide bonds. The molecule has 28 heteroatoms. The van der Waals surface area contributed by atoms with Gasteiger partial charge in [-0.15, -0.1) is 0 Å². The predicted molar refractivity (Wildman–Crippen MR) is 234 cm³/mol. The molecule has 0 unspecified atom stereocenters. The zero-order valence-corrected chi connectivity index (χ0v) is 45.6. The minimum atomic E-state index is -6.93. The van der Waals surface area contributed by atoms with Crippen molar-refractivity contribution < 1.29 is 155 Å². The number of halogens is 12. The van der Waals surface area contributed by atoms with Crippen LogP contribution < -0.4 is 0 Å². The summed E-state index contributed by atoms with van der Waals surface area (Å²) in [7, 11) is 0. The molecule has 0 aromatic heterocycles. The van der Waals surface area contributed by atoms with Gasteiger partial charge in [0.1, 0.15) is 13.2 Å². The molecule has 12 nitrogen and oxygen atoms in total. The number of unbranched alkanes of at least 4 members (excludes halogenated alkanes) is 16. The molecule has 0 rings (SSSR count). The van der Waals surface area contributed by atoms with Gasteiger partial charge < -0.3 is 43.4 Å².